The maximum atomic E-state index is 12.9. The van der Waals surface area contributed by atoms with E-state index < -0.39 is 0 Å². The number of carbonyl (C=O) groups excluding carboxylic acids is 1. The first kappa shape index (κ1) is 18.3. The smallest absolute Gasteiger partial charge is 0.261 e. The molecule has 0 aliphatic carbocycles. The first-order valence-corrected chi connectivity index (χ1v) is 9.47. The highest BCUT2D eigenvalue weighted by Crippen LogP contribution is 2.32. The van der Waals surface area contributed by atoms with E-state index in [1.807, 2.05) is 36.2 Å². The van der Waals surface area contributed by atoms with Gasteiger partial charge in [0.1, 0.15) is 17.8 Å². The van der Waals surface area contributed by atoms with Crippen molar-refractivity contribution in [2.75, 3.05) is 13.2 Å². The number of hydrogen-bond donors (Lipinski definition) is 0. The molecule has 1 atom stereocenters. The Balaban J connectivity index is 1.55. The van der Waals surface area contributed by atoms with Gasteiger partial charge in [0.2, 0.25) is 11.2 Å². The molecular formula is C21H23N3O4. The first-order chi connectivity index (χ1) is 13.5. The van der Waals surface area contributed by atoms with Gasteiger partial charge in [0, 0.05) is 19.7 Å². The van der Waals surface area contributed by atoms with Crippen LogP contribution in [0.1, 0.15) is 36.9 Å². The minimum atomic E-state index is -0.290. The third-order valence-electron chi connectivity index (χ3n) is 5.22. The molecule has 1 fully saturated rings. The van der Waals surface area contributed by atoms with Crippen molar-refractivity contribution in [2.45, 2.75) is 32.2 Å². The van der Waals surface area contributed by atoms with E-state index in [4.69, 9.17) is 14.1 Å². The van der Waals surface area contributed by atoms with Crippen LogP contribution in [0.25, 0.3) is 11.0 Å². The second-order valence-corrected chi connectivity index (χ2v) is 7.12. The summed E-state index contributed by atoms with van der Waals surface area (Å²) in [6.45, 7) is 2.14. The van der Waals surface area contributed by atoms with E-state index in [2.05, 4.69) is 4.57 Å². The van der Waals surface area contributed by atoms with Crippen LogP contribution in [0.5, 0.6) is 5.75 Å². The molecule has 1 aromatic carbocycles. The number of nitrogens with zero attached hydrogens (tertiary/aromatic N) is 3. The van der Waals surface area contributed by atoms with Crippen molar-refractivity contribution in [1.29, 1.82) is 0 Å². The minimum Gasteiger partial charge on any atom is -0.477 e. The van der Waals surface area contributed by atoms with Crippen molar-refractivity contribution in [2.24, 2.45) is 7.05 Å². The SMILES string of the molecule is Cc1cc(=O)c(OCC(=O)N2CCCCC2c2nc3ccccc3n2C)co1. The van der Waals surface area contributed by atoms with Gasteiger partial charge in [0.25, 0.3) is 5.91 Å². The third-order valence-corrected chi connectivity index (χ3v) is 5.22. The molecule has 1 unspecified atom stereocenters. The summed E-state index contributed by atoms with van der Waals surface area (Å²) >= 11 is 0. The minimum absolute atomic E-state index is 0.0511. The van der Waals surface area contributed by atoms with Crippen molar-refractivity contribution in [3.8, 4) is 5.75 Å². The lowest BCUT2D eigenvalue weighted by Gasteiger charge is -2.35. The van der Waals surface area contributed by atoms with E-state index in [1.54, 1.807) is 6.92 Å². The van der Waals surface area contributed by atoms with Crippen molar-refractivity contribution in [3.63, 3.8) is 0 Å². The van der Waals surface area contributed by atoms with Gasteiger partial charge in [-0.25, -0.2) is 4.98 Å². The molecule has 146 valence electrons. The molecule has 4 rings (SSSR count). The maximum absolute atomic E-state index is 12.9. The zero-order chi connectivity index (χ0) is 19.7. The van der Waals surface area contributed by atoms with Crippen LogP contribution >= 0.6 is 0 Å². The van der Waals surface area contributed by atoms with Gasteiger partial charge in [0.05, 0.1) is 17.1 Å². The largest absolute Gasteiger partial charge is 0.477 e. The van der Waals surface area contributed by atoms with Crippen LogP contribution in [0.15, 0.2) is 45.8 Å². The number of piperidine rings is 1. The number of rotatable bonds is 4. The quantitative estimate of drug-likeness (QED) is 0.694. The number of benzene rings is 1. The molecule has 0 bridgehead atoms. The van der Waals surface area contributed by atoms with E-state index >= 15 is 0 Å². The number of likely N-dealkylation sites (tertiary alicyclic amines) is 1. The van der Waals surface area contributed by atoms with Crippen LogP contribution in [0.4, 0.5) is 0 Å². The molecule has 2 aromatic heterocycles. The van der Waals surface area contributed by atoms with Gasteiger partial charge in [-0.3, -0.25) is 9.59 Å². The van der Waals surface area contributed by atoms with Gasteiger partial charge in [0.15, 0.2) is 6.61 Å². The lowest BCUT2D eigenvalue weighted by Crippen LogP contribution is -2.42. The number of hydrogen-bond acceptors (Lipinski definition) is 5. The summed E-state index contributed by atoms with van der Waals surface area (Å²) in [6, 6.07) is 9.20. The van der Waals surface area contributed by atoms with Crippen molar-refractivity contribution in [3.05, 3.63) is 58.4 Å². The van der Waals surface area contributed by atoms with Gasteiger partial charge in [-0.1, -0.05) is 12.1 Å². The Bertz CT molecular complexity index is 1070. The van der Waals surface area contributed by atoms with Crippen LogP contribution in [-0.2, 0) is 11.8 Å². The highest BCUT2D eigenvalue weighted by molar-refractivity contribution is 5.79. The van der Waals surface area contributed by atoms with Crippen molar-refractivity contribution in [1.82, 2.24) is 14.5 Å². The summed E-state index contributed by atoms with van der Waals surface area (Å²) in [7, 11) is 1.98. The second kappa shape index (κ2) is 7.50. The molecule has 0 saturated carbocycles. The van der Waals surface area contributed by atoms with Crippen LogP contribution in [0.2, 0.25) is 0 Å². The maximum Gasteiger partial charge on any atom is 0.261 e. The fourth-order valence-electron chi connectivity index (χ4n) is 3.78. The highest BCUT2D eigenvalue weighted by atomic mass is 16.5. The molecule has 1 amide bonds. The van der Waals surface area contributed by atoms with Gasteiger partial charge in [-0.05, 0) is 38.3 Å². The number of carbonyl (C=O) groups is 1. The predicted octanol–water partition coefficient (Wildman–Crippen LogP) is 2.97. The van der Waals surface area contributed by atoms with E-state index in [9.17, 15) is 9.59 Å². The normalized spacial score (nSPS) is 17.1. The number of aromatic nitrogens is 2. The van der Waals surface area contributed by atoms with Gasteiger partial charge >= 0.3 is 0 Å². The Hall–Kier alpha value is -3.09. The summed E-state index contributed by atoms with van der Waals surface area (Å²) in [5.41, 5.74) is 1.68. The van der Waals surface area contributed by atoms with E-state index in [-0.39, 0.29) is 29.7 Å². The van der Waals surface area contributed by atoms with E-state index in [1.165, 1.54) is 12.3 Å². The Kier molecular flexibility index (Phi) is 4.90. The molecule has 1 aliphatic heterocycles. The van der Waals surface area contributed by atoms with E-state index in [0.29, 0.717) is 12.3 Å². The molecule has 0 spiro atoms. The number of imidazole rings is 1. The summed E-state index contributed by atoms with van der Waals surface area (Å²) < 4.78 is 12.7. The monoisotopic (exact) mass is 381 g/mol. The average Bonchev–Trinajstić information content (AvgIpc) is 3.04. The number of fused-ring (bicyclic) bond motifs is 1. The standard InChI is InChI=1S/C21H23N3O4/c1-14-11-18(25)19(12-27-14)28-13-20(26)24-10-6-5-9-17(24)21-22-15-7-3-4-8-16(15)23(21)2/h3-4,7-8,11-12,17H,5-6,9-10,13H2,1-2H3. The van der Waals surface area contributed by atoms with Crippen LogP contribution in [-0.4, -0.2) is 33.5 Å². The predicted molar refractivity (Wildman–Crippen MR) is 104 cm³/mol. The highest BCUT2D eigenvalue weighted by Gasteiger charge is 2.31. The number of amides is 1. The lowest BCUT2D eigenvalue weighted by molar-refractivity contribution is -0.137. The van der Waals surface area contributed by atoms with Crippen LogP contribution < -0.4 is 10.2 Å². The van der Waals surface area contributed by atoms with Gasteiger partial charge in [-0.2, -0.15) is 0 Å². The molecule has 3 heterocycles. The fourth-order valence-corrected chi connectivity index (χ4v) is 3.78. The van der Waals surface area contributed by atoms with Crippen molar-refractivity contribution < 1.29 is 13.9 Å². The molecular weight excluding hydrogens is 358 g/mol. The van der Waals surface area contributed by atoms with E-state index in [0.717, 1.165) is 36.1 Å². The zero-order valence-corrected chi connectivity index (χ0v) is 16.1. The first-order valence-electron chi connectivity index (χ1n) is 9.47. The number of para-hydroxylation sites is 2. The Labute approximate surface area is 162 Å². The molecule has 1 saturated heterocycles. The zero-order valence-electron chi connectivity index (χ0n) is 16.1. The van der Waals surface area contributed by atoms with Crippen molar-refractivity contribution >= 4 is 16.9 Å². The Morgan fingerprint density at radius 1 is 1.32 bits per heavy atom. The molecule has 3 aromatic rings. The summed E-state index contributed by atoms with van der Waals surface area (Å²) in [5, 5.41) is 0. The lowest BCUT2D eigenvalue weighted by atomic mass is 10.0. The summed E-state index contributed by atoms with van der Waals surface area (Å²) in [5.74, 6) is 1.28. The number of ether oxygens (including phenoxy) is 1. The Morgan fingerprint density at radius 2 is 2.14 bits per heavy atom. The molecule has 0 radical (unpaired) electrons. The van der Waals surface area contributed by atoms with Gasteiger partial charge in [-0.15, -0.1) is 0 Å². The molecule has 1 aliphatic rings. The summed E-state index contributed by atoms with van der Waals surface area (Å²) in [4.78, 5) is 31.4. The second-order valence-electron chi connectivity index (χ2n) is 7.12. The third kappa shape index (κ3) is 3.40. The fraction of sp³-hybridized carbons (Fsp3) is 0.381. The molecule has 7 nitrogen and oxygen atoms in total. The Morgan fingerprint density at radius 3 is 2.93 bits per heavy atom. The van der Waals surface area contributed by atoms with Crippen LogP contribution in [0.3, 0.4) is 0 Å². The van der Waals surface area contributed by atoms with Crippen LogP contribution in [0, 0.1) is 6.92 Å². The van der Waals surface area contributed by atoms with Gasteiger partial charge < -0.3 is 18.6 Å². The topological polar surface area (TPSA) is 77.6 Å². The number of aryl methyl sites for hydroxylation is 2. The average molecular weight is 381 g/mol. The summed E-state index contributed by atoms with van der Waals surface area (Å²) in [6.07, 6.45) is 4.10. The molecule has 28 heavy (non-hydrogen) atoms. The molecule has 7 heteroatoms. The molecule has 0 N–H and O–H groups in total.